The maximum atomic E-state index is 4.33. The van der Waals surface area contributed by atoms with Crippen LogP contribution in [0.15, 0.2) is 29.3 Å². The number of nitrogens with one attached hydrogen (secondary N) is 1. The zero-order chi connectivity index (χ0) is 6.81. The fourth-order valence-electron chi connectivity index (χ4n) is 1.26. The van der Waals surface area contributed by atoms with E-state index in [1.807, 2.05) is 0 Å². The Morgan fingerprint density at radius 1 is 1.50 bits per heavy atom. The van der Waals surface area contributed by atoms with E-state index >= 15 is 0 Å². The van der Waals surface area contributed by atoms with E-state index in [1.165, 1.54) is 5.71 Å². The Hall–Kier alpha value is -0.890. The summed E-state index contributed by atoms with van der Waals surface area (Å²) in [5.41, 5.74) is 1.17. The largest absolute Gasteiger partial charge is 0.302 e. The summed E-state index contributed by atoms with van der Waals surface area (Å²) in [6.07, 6.45) is 8.48. The number of aliphatic imine (C=N–C) groups is 1. The molecule has 1 N–H and O–H groups in total. The number of rotatable bonds is 0. The zero-order valence-electron chi connectivity index (χ0n) is 5.75. The molecule has 0 amide bonds. The molecule has 10 heavy (non-hydrogen) atoms. The van der Waals surface area contributed by atoms with Gasteiger partial charge in [-0.25, -0.2) is 0 Å². The van der Waals surface area contributed by atoms with Crippen molar-refractivity contribution in [3.63, 3.8) is 0 Å². The van der Waals surface area contributed by atoms with Crippen molar-refractivity contribution in [2.75, 3.05) is 13.1 Å². The Balaban J connectivity index is 2.26. The van der Waals surface area contributed by atoms with Crippen molar-refractivity contribution in [3.05, 3.63) is 24.3 Å². The van der Waals surface area contributed by atoms with Crippen molar-refractivity contribution in [2.24, 2.45) is 4.99 Å². The van der Waals surface area contributed by atoms with Crippen molar-refractivity contribution in [1.29, 1.82) is 0 Å². The third-order valence-corrected chi connectivity index (χ3v) is 1.77. The standard InChI is InChI=1S/C8H10N2/c1-3-7-8(9-5-1)4-2-6-10-7/h1-4,7,10H,5-6H2. The second-order valence-electron chi connectivity index (χ2n) is 2.48. The highest BCUT2D eigenvalue weighted by Crippen LogP contribution is 2.03. The summed E-state index contributed by atoms with van der Waals surface area (Å²) < 4.78 is 0. The van der Waals surface area contributed by atoms with Gasteiger partial charge in [-0.05, 0) is 6.08 Å². The van der Waals surface area contributed by atoms with Crippen molar-refractivity contribution < 1.29 is 0 Å². The summed E-state index contributed by atoms with van der Waals surface area (Å²) in [5.74, 6) is 0. The van der Waals surface area contributed by atoms with Gasteiger partial charge in [0.05, 0.1) is 18.3 Å². The lowest BCUT2D eigenvalue weighted by Crippen LogP contribution is -2.38. The molecule has 1 unspecified atom stereocenters. The highest BCUT2D eigenvalue weighted by molar-refractivity contribution is 6.01. The van der Waals surface area contributed by atoms with Crippen LogP contribution in [0.1, 0.15) is 0 Å². The van der Waals surface area contributed by atoms with Crippen LogP contribution in [-0.4, -0.2) is 24.8 Å². The van der Waals surface area contributed by atoms with Gasteiger partial charge in [-0.3, -0.25) is 4.99 Å². The third kappa shape index (κ3) is 0.907. The molecule has 0 aromatic heterocycles. The van der Waals surface area contributed by atoms with Gasteiger partial charge < -0.3 is 5.32 Å². The van der Waals surface area contributed by atoms with Gasteiger partial charge in [0.2, 0.25) is 0 Å². The fourth-order valence-corrected chi connectivity index (χ4v) is 1.26. The first-order valence-electron chi connectivity index (χ1n) is 3.58. The van der Waals surface area contributed by atoms with Gasteiger partial charge in [0.25, 0.3) is 0 Å². The smallest absolute Gasteiger partial charge is 0.0679 e. The minimum absolute atomic E-state index is 0.388. The van der Waals surface area contributed by atoms with E-state index in [0.29, 0.717) is 6.04 Å². The minimum Gasteiger partial charge on any atom is -0.302 e. The first-order chi connectivity index (χ1) is 4.97. The molecule has 0 fully saturated rings. The maximum Gasteiger partial charge on any atom is 0.0679 e. The van der Waals surface area contributed by atoms with Crippen LogP contribution in [0.5, 0.6) is 0 Å². The molecule has 0 aromatic rings. The predicted octanol–water partition coefficient (Wildman–Crippen LogP) is 0.525. The van der Waals surface area contributed by atoms with Crippen LogP contribution in [-0.2, 0) is 0 Å². The third-order valence-electron chi connectivity index (χ3n) is 1.77. The molecule has 2 rings (SSSR count). The van der Waals surface area contributed by atoms with Crippen molar-refractivity contribution in [3.8, 4) is 0 Å². The number of hydrogen-bond donors (Lipinski definition) is 1. The van der Waals surface area contributed by atoms with Crippen LogP contribution in [0.25, 0.3) is 0 Å². The van der Waals surface area contributed by atoms with E-state index in [2.05, 4.69) is 34.6 Å². The quantitative estimate of drug-likeness (QED) is 0.480. The topological polar surface area (TPSA) is 24.4 Å². The SMILES string of the molecule is C1=CC2NCC=CC2=NC1. The first kappa shape index (κ1) is 5.86. The lowest BCUT2D eigenvalue weighted by atomic mass is 10.1. The van der Waals surface area contributed by atoms with E-state index in [9.17, 15) is 0 Å². The molecule has 0 radical (unpaired) electrons. The van der Waals surface area contributed by atoms with Gasteiger partial charge >= 0.3 is 0 Å². The second kappa shape index (κ2) is 2.39. The van der Waals surface area contributed by atoms with Gasteiger partial charge in [-0.1, -0.05) is 18.2 Å². The predicted molar refractivity (Wildman–Crippen MR) is 42.4 cm³/mol. The van der Waals surface area contributed by atoms with Gasteiger partial charge in [0, 0.05) is 6.54 Å². The zero-order valence-corrected chi connectivity index (χ0v) is 5.75. The van der Waals surface area contributed by atoms with Crippen LogP contribution >= 0.6 is 0 Å². The molecular weight excluding hydrogens is 124 g/mol. The van der Waals surface area contributed by atoms with Crippen LogP contribution in [0, 0.1) is 0 Å². The van der Waals surface area contributed by atoms with E-state index in [0.717, 1.165) is 13.1 Å². The fraction of sp³-hybridized carbons (Fsp3) is 0.375. The first-order valence-corrected chi connectivity index (χ1v) is 3.58. The molecule has 0 aliphatic carbocycles. The molecule has 2 nitrogen and oxygen atoms in total. The summed E-state index contributed by atoms with van der Waals surface area (Å²) in [5, 5.41) is 3.32. The molecule has 0 saturated heterocycles. The molecule has 0 saturated carbocycles. The Kier molecular flexibility index (Phi) is 1.40. The number of fused-ring (bicyclic) bond motifs is 1. The van der Waals surface area contributed by atoms with Crippen LogP contribution < -0.4 is 5.32 Å². The van der Waals surface area contributed by atoms with Gasteiger partial charge in [-0.15, -0.1) is 0 Å². The summed E-state index contributed by atoms with van der Waals surface area (Å²) >= 11 is 0. The Morgan fingerprint density at radius 3 is 3.40 bits per heavy atom. The Bertz CT molecular complexity index is 213. The molecule has 1 atom stereocenters. The lowest BCUT2D eigenvalue weighted by Gasteiger charge is -2.20. The highest BCUT2D eigenvalue weighted by atomic mass is 14.9. The Morgan fingerprint density at radius 2 is 2.50 bits per heavy atom. The average Bonchev–Trinajstić information content (AvgIpc) is 2.05. The molecule has 0 spiro atoms. The summed E-state index contributed by atoms with van der Waals surface area (Å²) in [4.78, 5) is 4.33. The van der Waals surface area contributed by atoms with Crippen LogP contribution in [0.4, 0.5) is 0 Å². The summed E-state index contributed by atoms with van der Waals surface area (Å²) in [6.45, 7) is 1.81. The van der Waals surface area contributed by atoms with Crippen molar-refractivity contribution in [1.82, 2.24) is 5.32 Å². The molecular formula is C8H10N2. The van der Waals surface area contributed by atoms with E-state index in [-0.39, 0.29) is 0 Å². The average molecular weight is 134 g/mol. The van der Waals surface area contributed by atoms with Crippen LogP contribution in [0.3, 0.4) is 0 Å². The molecule has 52 valence electrons. The molecule has 0 bridgehead atoms. The monoisotopic (exact) mass is 134 g/mol. The normalized spacial score (nSPS) is 29.6. The lowest BCUT2D eigenvalue weighted by molar-refractivity contribution is 0.744. The molecule has 2 heterocycles. The molecule has 2 aliphatic rings. The minimum atomic E-state index is 0.388. The number of nitrogens with zero attached hydrogens (tertiary/aromatic N) is 1. The van der Waals surface area contributed by atoms with E-state index < -0.39 is 0 Å². The second-order valence-corrected chi connectivity index (χ2v) is 2.48. The van der Waals surface area contributed by atoms with Crippen molar-refractivity contribution >= 4 is 5.71 Å². The van der Waals surface area contributed by atoms with Gasteiger partial charge in [0.15, 0.2) is 0 Å². The van der Waals surface area contributed by atoms with Gasteiger partial charge in [-0.2, -0.15) is 0 Å². The van der Waals surface area contributed by atoms with Crippen LogP contribution in [0.2, 0.25) is 0 Å². The molecule has 2 aliphatic heterocycles. The van der Waals surface area contributed by atoms with E-state index in [4.69, 9.17) is 0 Å². The van der Waals surface area contributed by atoms with Crippen molar-refractivity contribution in [2.45, 2.75) is 6.04 Å². The Labute approximate surface area is 60.3 Å². The summed E-state index contributed by atoms with van der Waals surface area (Å²) in [6, 6.07) is 0.388. The maximum absolute atomic E-state index is 4.33. The summed E-state index contributed by atoms with van der Waals surface area (Å²) in [7, 11) is 0. The molecule has 2 heteroatoms. The number of hydrogen-bond acceptors (Lipinski definition) is 2. The molecule has 0 aromatic carbocycles. The van der Waals surface area contributed by atoms with E-state index in [1.54, 1.807) is 0 Å². The number of dihydropyridines is 1. The van der Waals surface area contributed by atoms with Gasteiger partial charge in [0.1, 0.15) is 0 Å². The highest BCUT2D eigenvalue weighted by Gasteiger charge is 2.13.